The number of nitrogens with zero attached hydrogens (tertiary/aromatic N) is 1. The van der Waals surface area contributed by atoms with E-state index >= 15 is 0 Å². The van der Waals surface area contributed by atoms with Crippen molar-refractivity contribution in [3.05, 3.63) is 33.9 Å². The quantitative estimate of drug-likeness (QED) is 0.460. The van der Waals surface area contributed by atoms with E-state index in [1.54, 1.807) is 19.1 Å². The molecule has 0 aromatic heterocycles. The molecule has 0 saturated carbocycles. The van der Waals surface area contributed by atoms with Crippen molar-refractivity contribution in [3.63, 3.8) is 0 Å². The van der Waals surface area contributed by atoms with Crippen molar-refractivity contribution in [2.75, 3.05) is 11.9 Å². The van der Waals surface area contributed by atoms with Crippen LogP contribution in [0, 0.1) is 10.1 Å². The molecule has 0 bridgehead atoms. The van der Waals surface area contributed by atoms with Crippen molar-refractivity contribution in [3.8, 4) is 5.75 Å². The molecule has 5 nitrogen and oxygen atoms in total. The molecule has 0 unspecified atom stereocenters. The molecule has 0 atom stereocenters. The standard InChI is InChI=1S/C11H12BrNO4/c1-2-17-10-4-3-8(5-9(14)7-12)11(6-10)13(15)16/h3-4,6H,2,5,7H2,1H3. The van der Waals surface area contributed by atoms with Crippen LogP contribution in [-0.2, 0) is 11.2 Å². The fourth-order valence-corrected chi connectivity index (χ4v) is 1.58. The lowest BCUT2D eigenvalue weighted by Crippen LogP contribution is -2.06. The fraction of sp³-hybridized carbons (Fsp3) is 0.364. The minimum absolute atomic E-state index is 0.0496. The largest absolute Gasteiger partial charge is 0.494 e. The van der Waals surface area contributed by atoms with E-state index < -0.39 is 4.92 Å². The maximum absolute atomic E-state index is 11.3. The molecule has 0 aliphatic rings. The topological polar surface area (TPSA) is 69.4 Å². The number of Topliss-reactive ketones (excluding diaryl/α,β-unsaturated/α-hetero) is 1. The smallest absolute Gasteiger partial charge is 0.276 e. The Hall–Kier alpha value is -1.43. The Bertz CT molecular complexity index is 433. The van der Waals surface area contributed by atoms with Crippen molar-refractivity contribution >= 4 is 27.4 Å². The van der Waals surface area contributed by atoms with Crippen LogP contribution < -0.4 is 4.74 Å². The van der Waals surface area contributed by atoms with Crippen molar-refractivity contribution in [2.24, 2.45) is 0 Å². The van der Waals surface area contributed by atoms with Crippen LogP contribution >= 0.6 is 15.9 Å². The highest BCUT2D eigenvalue weighted by Gasteiger charge is 2.17. The minimum Gasteiger partial charge on any atom is -0.494 e. The van der Waals surface area contributed by atoms with Crippen LogP contribution in [0.15, 0.2) is 18.2 Å². The van der Waals surface area contributed by atoms with Crippen LogP contribution in [0.25, 0.3) is 0 Å². The first kappa shape index (κ1) is 13.6. The summed E-state index contributed by atoms with van der Waals surface area (Å²) < 4.78 is 5.18. The van der Waals surface area contributed by atoms with E-state index in [0.717, 1.165) is 0 Å². The number of nitro benzene ring substituents is 1. The van der Waals surface area contributed by atoms with Gasteiger partial charge in [0.2, 0.25) is 0 Å². The lowest BCUT2D eigenvalue weighted by Gasteiger charge is -2.05. The Morgan fingerprint density at radius 3 is 2.76 bits per heavy atom. The number of hydrogen-bond acceptors (Lipinski definition) is 4. The molecule has 0 fully saturated rings. The monoisotopic (exact) mass is 301 g/mol. The molecule has 0 radical (unpaired) electrons. The number of carbonyl (C=O) groups is 1. The number of halogens is 1. The van der Waals surface area contributed by atoms with Gasteiger partial charge in [-0.25, -0.2) is 0 Å². The lowest BCUT2D eigenvalue weighted by atomic mass is 10.1. The second-order valence-electron chi connectivity index (χ2n) is 3.33. The first-order valence-corrected chi connectivity index (χ1v) is 6.18. The third-order valence-corrected chi connectivity index (χ3v) is 2.73. The van der Waals surface area contributed by atoms with Crippen molar-refractivity contribution < 1.29 is 14.5 Å². The van der Waals surface area contributed by atoms with Crippen molar-refractivity contribution in [1.82, 2.24) is 0 Å². The minimum atomic E-state index is -0.501. The van der Waals surface area contributed by atoms with Gasteiger partial charge in [-0.2, -0.15) is 0 Å². The van der Waals surface area contributed by atoms with Crippen molar-refractivity contribution in [1.29, 1.82) is 0 Å². The van der Waals surface area contributed by atoms with Crippen LogP contribution in [0.2, 0.25) is 0 Å². The highest BCUT2D eigenvalue weighted by Crippen LogP contribution is 2.25. The number of ether oxygens (including phenoxy) is 1. The Kier molecular flexibility index (Phi) is 5.09. The number of nitro groups is 1. The first-order valence-electron chi connectivity index (χ1n) is 5.06. The Morgan fingerprint density at radius 1 is 1.53 bits per heavy atom. The molecular weight excluding hydrogens is 290 g/mol. The van der Waals surface area contributed by atoms with E-state index in [4.69, 9.17) is 4.74 Å². The normalized spacial score (nSPS) is 10.0. The summed E-state index contributed by atoms with van der Waals surface area (Å²) >= 11 is 3.03. The van der Waals surface area contributed by atoms with E-state index in [1.165, 1.54) is 6.07 Å². The van der Waals surface area contributed by atoms with Crippen molar-refractivity contribution in [2.45, 2.75) is 13.3 Å². The molecule has 1 rings (SSSR count). The molecule has 1 aromatic rings. The summed E-state index contributed by atoms with van der Waals surface area (Å²) in [6.07, 6.45) is 0.0496. The Labute approximate surface area is 107 Å². The number of carbonyl (C=O) groups excluding carboxylic acids is 1. The average molecular weight is 302 g/mol. The number of hydrogen-bond donors (Lipinski definition) is 0. The molecule has 0 spiro atoms. The van der Waals surface area contributed by atoms with Crippen LogP contribution in [0.3, 0.4) is 0 Å². The zero-order valence-corrected chi connectivity index (χ0v) is 10.9. The molecule has 0 aliphatic carbocycles. The molecule has 6 heteroatoms. The van der Waals surface area contributed by atoms with E-state index in [2.05, 4.69) is 15.9 Å². The third kappa shape index (κ3) is 3.81. The van der Waals surface area contributed by atoms with Gasteiger partial charge >= 0.3 is 0 Å². The summed E-state index contributed by atoms with van der Waals surface area (Å²) in [7, 11) is 0. The summed E-state index contributed by atoms with van der Waals surface area (Å²) in [4.78, 5) is 21.6. The van der Waals surface area contributed by atoms with Gasteiger partial charge in [-0.3, -0.25) is 14.9 Å². The predicted molar refractivity (Wildman–Crippen MR) is 66.8 cm³/mol. The van der Waals surface area contributed by atoms with Crippen LogP contribution in [-0.4, -0.2) is 22.6 Å². The summed E-state index contributed by atoms with van der Waals surface area (Å²) in [5.74, 6) is 0.339. The molecule has 0 heterocycles. The second kappa shape index (κ2) is 6.34. The Morgan fingerprint density at radius 2 is 2.24 bits per heavy atom. The van der Waals surface area contributed by atoms with E-state index in [-0.39, 0.29) is 23.2 Å². The first-order chi connectivity index (χ1) is 8.08. The molecule has 17 heavy (non-hydrogen) atoms. The molecular formula is C11H12BrNO4. The fourth-order valence-electron chi connectivity index (χ4n) is 1.38. The lowest BCUT2D eigenvalue weighted by molar-refractivity contribution is -0.385. The van der Waals surface area contributed by atoms with Crippen LogP contribution in [0.4, 0.5) is 5.69 Å². The predicted octanol–water partition coefficient (Wildman–Crippen LogP) is 2.50. The second-order valence-corrected chi connectivity index (χ2v) is 3.89. The van der Waals surface area contributed by atoms with Gasteiger partial charge < -0.3 is 4.74 Å². The molecule has 92 valence electrons. The maximum atomic E-state index is 11.3. The van der Waals surface area contributed by atoms with Crippen LogP contribution in [0.1, 0.15) is 12.5 Å². The number of alkyl halides is 1. The molecule has 1 aromatic carbocycles. The molecule has 0 amide bonds. The number of ketones is 1. The van der Waals surface area contributed by atoms with E-state index in [9.17, 15) is 14.9 Å². The van der Waals surface area contributed by atoms with E-state index in [1.807, 2.05) is 0 Å². The summed E-state index contributed by atoms with van der Waals surface area (Å²) in [6.45, 7) is 2.24. The highest BCUT2D eigenvalue weighted by molar-refractivity contribution is 9.09. The van der Waals surface area contributed by atoms with Gasteiger partial charge in [0, 0.05) is 12.0 Å². The summed E-state index contributed by atoms with van der Waals surface area (Å²) in [5, 5.41) is 11.1. The number of benzene rings is 1. The Balaban J connectivity index is 3.04. The van der Waals surface area contributed by atoms with Gasteiger partial charge in [0.05, 0.1) is 22.9 Å². The van der Waals surface area contributed by atoms with Gasteiger partial charge in [0.15, 0.2) is 0 Å². The zero-order chi connectivity index (χ0) is 12.8. The van der Waals surface area contributed by atoms with Gasteiger partial charge in [0.1, 0.15) is 11.5 Å². The molecule has 0 N–H and O–H groups in total. The maximum Gasteiger partial charge on any atom is 0.276 e. The summed E-state index contributed by atoms with van der Waals surface area (Å²) in [5.41, 5.74) is 0.327. The highest BCUT2D eigenvalue weighted by atomic mass is 79.9. The zero-order valence-electron chi connectivity index (χ0n) is 9.31. The van der Waals surface area contributed by atoms with E-state index in [0.29, 0.717) is 17.9 Å². The summed E-state index contributed by atoms with van der Waals surface area (Å²) in [6, 6.07) is 4.54. The molecule has 0 saturated heterocycles. The van der Waals surface area contributed by atoms with Gasteiger partial charge in [-0.15, -0.1) is 0 Å². The average Bonchev–Trinajstić information content (AvgIpc) is 2.31. The van der Waals surface area contributed by atoms with Gasteiger partial charge in [0.25, 0.3) is 5.69 Å². The molecule has 0 aliphatic heterocycles. The van der Waals surface area contributed by atoms with Gasteiger partial charge in [-0.1, -0.05) is 15.9 Å². The van der Waals surface area contributed by atoms with Crippen LogP contribution in [0.5, 0.6) is 5.75 Å². The third-order valence-electron chi connectivity index (χ3n) is 2.10. The SMILES string of the molecule is CCOc1ccc(CC(=O)CBr)c([N+](=O)[O-])c1. The number of rotatable bonds is 6. The van der Waals surface area contributed by atoms with Gasteiger partial charge in [-0.05, 0) is 19.1 Å².